The van der Waals surface area contributed by atoms with E-state index >= 15 is 0 Å². The number of carbonyl (C=O) groups is 2. The Kier molecular flexibility index (Phi) is 6.76. The zero-order chi connectivity index (χ0) is 20.1. The van der Waals surface area contributed by atoms with Gasteiger partial charge in [0, 0.05) is 21.7 Å². The number of rotatable bonds is 6. The normalized spacial score (nSPS) is 11.6. The SMILES string of the molecule is COC(=O)c1ccc(Cl)c(C(Cc2cc(Cl)ccc2[N+](=O)[O-])C(=O)OC)c1. The second kappa shape index (κ2) is 8.83. The van der Waals surface area contributed by atoms with Crippen LogP contribution in [0.4, 0.5) is 5.69 Å². The molecule has 0 N–H and O–H groups in total. The number of nitro groups is 1. The number of benzene rings is 2. The first-order chi connectivity index (χ1) is 12.8. The Morgan fingerprint density at radius 2 is 1.81 bits per heavy atom. The highest BCUT2D eigenvalue weighted by molar-refractivity contribution is 6.32. The average Bonchev–Trinajstić information content (AvgIpc) is 2.65. The molecule has 27 heavy (non-hydrogen) atoms. The highest BCUT2D eigenvalue weighted by Gasteiger charge is 2.28. The van der Waals surface area contributed by atoms with E-state index in [1.54, 1.807) is 0 Å². The van der Waals surface area contributed by atoms with Crippen molar-refractivity contribution in [1.29, 1.82) is 0 Å². The third-order valence-corrected chi connectivity index (χ3v) is 4.52. The quantitative estimate of drug-likeness (QED) is 0.401. The van der Waals surface area contributed by atoms with E-state index in [4.69, 9.17) is 27.9 Å². The topological polar surface area (TPSA) is 95.7 Å². The highest BCUT2D eigenvalue weighted by Crippen LogP contribution is 2.33. The van der Waals surface area contributed by atoms with Crippen LogP contribution in [-0.2, 0) is 20.7 Å². The molecule has 2 aromatic carbocycles. The van der Waals surface area contributed by atoms with Crippen LogP contribution in [0.25, 0.3) is 0 Å². The van der Waals surface area contributed by atoms with Gasteiger partial charge < -0.3 is 9.47 Å². The minimum Gasteiger partial charge on any atom is -0.469 e. The maximum absolute atomic E-state index is 12.4. The van der Waals surface area contributed by atoms with Gasteiger partial charge in [-0.3, -0.25) is 14.9 Å². The molecule has 2 rings (SSSR count). The summed E-state index contributed by atoms with van der Waals surface area (Å²) < 4.78 is 9.51. The van der Waals surface area contributed by atoms with E-state index in [1.165, 1.54) is 50.6 Å². The number of nitrogens with zero attached hydrogens (tertiary/aromatic N) is 1. The van der Waals surface area contributed by atoms with E-state index in [9.17, 15) is 19.7 Å². The number of nitro benzene ring substituents is 1. The fourth-order valence-corrected chi connectivity index (χ4v) is 3.08. The second-order valence-corrected chi connectivity index (χ2v) is 6.38. The molecule has 0 aliphatic carbocycles. The van der Waals surface area contributed by atoms with E-state index in [-0.39, 0.29) is 33.3 Å². The molecule has 1 unspecified atom stereocenters. The molecule has 1 atom stereocenters. The summed E-state index contributed by atoms with van der Waals surface area (Å²) in [7, 11) is 2.42. The molecule has 9 heteroatoms. The predicted octanol–water partition coefficient (Wildman–Crippen LogP) is 4.19. The maximum atomic E-state index is 12.4. The molecular weight excluding hydrogens is 397 g/mol. The van der Waals surface area contributed by atoms with Crippen LogP contribution in [0.15, 0.2) is 36.4 Å². The molecule has 0 aromatic heterocycles. The van der Waals surface area contributed by atoms with Crippen molar-refractivity contribution >= 4 is 40.8 Å². The molecule has 0 heterocycles. The van der Waals surface area contributed by atoms with Gasteiger partial charge in [-0.25, -0.2) is 4.79 Å². The number of esters is 2. The van der Waals surface area contributed by atoms with Crippen molar-refractivity contribution in [3.05, 3.63) is 73.2 Å². The van der Waals surface area contributed by atoms with Gasteiger partial charge in [0.25, 0.3) is 5.69 Å². The van der Waals surface area contributed by atoms with E-state index in [0.29, 0.717) is 5.56 Å². The van der Waals surface area contributed by atoms with Crippen molar-refractivity contribution in [2.45, 2.75) is 12.3 Å². The Morgan fingerprint density at radius 1 is 1.11 bits per heavy atom. The van der Waals surface area contributed by atoms with Crippen molar-refractivity contribution in [2.75, 3.05) is 14.2 Å². The lowest BCUT2D eigenvalue weighted by Crippen LogP contribution is -2.18. The Bertz CT molecular complexity index is 899. The Hall–Kier alpha value is -2.64. The molecular formula is C18H15Cl2NO6. The predicted molar refractivity (Wildman–Crippen MR) is 99.4 cm³/mol. The van der Waals surface area contributed by atoms with Gasteiger partial charge in [-0.15, -0.1) is 0 Å². The van der Waals surface area contributed by atoms with Gasteiger partial charge in [-0.05, 0) is 42.3 Å². The lowest BCUT2D eigenvalue weighted by atomic mass is 9.90. The zero-order valence-corrected chi connectivity index (χ0v) is 15.9. The van der Waals surface area contributed by atoms with Crippen LogP contribution in [0.5, 0.6) is 0 Å². The third-order valence-electron chi connectivity index (χ3n) is 3.94. The number of hydrogen-bond donors (Lipinski definition) is 0. The van der Waals surface area contributed by atoms with Gasteiger partial charge in [0.15, 0.2) is 0 Å². The van der Waals surface area contributed by atoms with E-state index in [1.807, 2.05) is 0 Å². The molecule has 0 fully saturated rings. The van der Waals surface area contributed by atoms with Crippen LogP contribution < -0.4 is 0 Å². The largest absolute Gasteiger partial charge is 0.469 e. The molecule has 0 radical (unpaired) electrons. The summed E-state index contributed by atoms with van der Waals surface area (Å²) in [6.07, 6.45) is -0.0894. The van der Waals surface area contributed by atoms with Gasteiger partial charge in [-0.1, -0.05) is 23.2 Å². The van der Waals surface area contributed by atoms with Gasteiger partial charge in [-0.2, -0.15) is 0 Å². The number of halogens is 2. The monoisotopic (exact) mass is 411 g/mol. The molecule has 0 saturated carbocycles. The number of methoxy groups -OCH3 is 2. The maximum Gasteiger partial charge on any atom is 0.337 e. The van der Waals surface area contributed by atoms with Gasteiger partial charge >= 0.3 is 11.9 Å². The summed E-state index contributed by atoms with van der Waals surface area (Å²) in [5.74, 6) is -2.25. The summed E-state index contributed by atoms with van der Waals surface area (Å²) in [4.78, 5) is 34.9. The Balaban J connectivity index is 2.56. The molecule has 0 saturated heterocycles. The van der Waals surface area contributed by atoms with Crippen LogP contribution in [0.2, 0.25) is 10.0 Å². The average molecular weight is 412 g/mol. The summed E-state index contributed by atoms with van der Waals surface area (Å²) in [5.41, 5.74) is 0.531. The summed E-state index contributed by atoms with van der Waals surface area (Å²) in [5, 5.41) is 11.8. The smallest absolute Gasteiger partial charge is 0.337 e. The molecule has 7 nitrogen and oxygen atoms in total. The summed E-state index contributed by atoms with van der Waals surface area (Å²) >= 11 is 12.2. The molecule has 0 aliphatic heterocycles. The summed E-state index contributed by atoms with van der Waals surface area (Å²) in [6, 6.07) is 8.37. The third kappa shape index (κ3) is 4.75. The molecule has 2 aromatic rings. The fourth-order valence-electron chi connectivity index (χ4n) is 2.63. The van der Waals surface area contributed by atoms with Crippen molar-refractivity contribution < 1.29 is 24.0 Å². The van der Waals surface area contributed by atoms with Gasteiger partial charge in [0.2, 0.25) is 0 Å². The number of carbonyl (C=O) groups excluding carboxylic acids is 2. The Labute approximate surface area is 164 Å². The molecule has 0 amide bonds. The van der Waals surface area contributed by atoms with Crippen LogP contribution in [0, 0.1) is 10.1 Å². The van der Waals surface area contributed by atoms with Crippen molar-refractivity contribution in [2.24, 2.45) is 0 Å². The minimum atomic E-state index is -0.982. The fraction of sp³-hybridized carbons (Fsp3) is 0.222. The first-order valence-corrected chi connectivity index (χ1v) is 8.42. The van der Waals surface area contributed by atoms with E-state index < -0.39 is 22.8 Å². The lowest BCUT2D eigenvalue weighted by Gasteiger charge is -2.17. The lowest BCUT2D eigenvalue weighted by molar-refractivity contribution is -0.385. The molecule has 0 aliphatic rings. The van der Waals surface area contributed by atoms with E-state index in [2.05, 4.69) is 4.74 Å². The summed E-state index contributed by atoms with van der Waals surface area (Å²) in [6.45, 7) is 0. The van der Waals surface area contributed by atoms with Gasteiger partial charge in [0.05, 0.1) is 30.6 Å². The van der Waals surface area contributed by atoms with Crippen LogP contribution in [0.1, 0.15) is 27.4 Å². The first kappa shape index (κ1) is 20.7. The molecule has 0 spiro atoms. The van der Waals surface area contributed by atoms with Crippen molar-refractivity contribution in [3.8, 4) is 0 Å². The zero-order valence-electron chi connectivity index (χ0n) is 14.4. The standard InChI is InChI=1S/C18H15Cl2NO6/c1-26-17(22)10-3-5-15(20)13(8-10)14(18(23)27-2)9-11-7-12(19)4-6-16(11)21(24)25/h3-8,14H,9H2,1-2H3. The van der Waals surface area contributed by atoms with E-state index in [0.717, 1.165) is 0 Å². The first-order valence-electron chi connectivity index (χ1n) is 7.66. The van der Waals surface area contributed by atoms with Crippen molar-refractivity contribution in [3.63, 3.8) is 0 Å². The molecule has 142 valence electrons. The number of hydrogen-bond acceptors (Lipinski definition) is 6. The minimum absolute atomic E-state index is 0.0894. The van der Waals surface area contributed by atoms with Crippen LogP contribution in [0.3, 0.4) is 0 Å². The number of ether oxygens (including phenoxy) is 2. The Morgan fingerprint density at radius 3 is 2.41 bits per heavy atom. The van der Waals surface area contributed by atoms with Crippen LogP contribution >= 0.6 is 23.2 Å². The van der Waals surface area contributed by atoms with Crippen LogP contribution in [-0.4, -0.2) is 31.1 Å². The molecule has 0 bridgehead atoms. The second-order valence-electron chi connectivity index (χ2n) is 5.54. The van der Waals surface area contributed by atoms with Gasteiger partial charge in [0.1, 0.15) is 0 Å². The van der Waals surface area contributed by atoms with Crippen molar-refractivity contribution in [1.82, 2.24) is 0 Å². The highest BCUT2D eigenvalue weighted by atomic mass is 35.5.